The minimum atomic E-state index is 0.594. The van der Waals surface area contributed by atoms with E-state index in [4.69, 9.17) is 10.00 Å². The zero-order valence-corrected chi connectivity index (χ0v) is 15.0. The maximum atomic E-state index is 9.11. The molecule has 0 spiro atoms. The van der Waals surface area contributed by atoms with E-state index in [0.29, 0.717) is 23.8 Å². The molecule has 0 N–H and O–H groups in total. The molecule has 0 unspecified atom stereocenters. The summed E-state index contributed by atoms with van der Waals surface area (Å²) in [7, 11) is 0. The van der Waals surface area contributed by atoms with Crippen LogP contribution < -0.4 is 4.74 Å². The van der Waals surface area contributed by atoms with Gasteiger partial charge in [-0.25, -0.2) is 9.67 Å². The Morgan fingerprint density at radius 2 is 2.16 bits per heavy atom. The maximum absolute atomic E-state index is 9.11. The van der Waals surface area contributed by atoms with Gasteiger partial charge in [0.2, 0.25) is 0 Å². The first-order valence-corrected chi connectivity index (χ1v) is 8.88. The van der Waals surface area contributed by atoms with Crippen LogP contribution in [0.3, 0.4) is 0 Å². The van der Waals surface area contributed by atoms with Crippen molar-refractivity contribution in [1.82, 2.24) is 19.7 Å². The van der Waals surface area contributed by atoms with Crippen LogP contribution in [0, 0.1) is 31.1 Å². The summed E-state index contributed by atoms with van der Waals surface area (Å²) in [5.41, 5.74) is 0.594. The van der Waals surface area contributed by atoms with E-state index in [-0.39, 0.29) is 0 Å². The molecule has 0 saturated carbocycles. The molecule has 2 heterocycles. The number of nitrogens with zero attached hydrogens (tertiary/aromatic N) is 5. The predicted octanol–water partition coefficient (Wildman–Crippen LogP) is 2.56. The quantitative estimate of drug-likeness (QED) is 0.809. The first-order chi connectivity index (χ1) is 12.2. The number of ether oxygens (including phenoxy) is 1. The average molecular weight is 339 g/mol. The van der Waals surface area contributed by atoms with Crippen molar-refractivity contribution in [1.29, 1.82) is 5.26 Å². The van der Waals surface area contributed by atoms with Crippen LogP contribution in [0.4, 0.5) is 0 Å². The predicted molar refractivity (Wildman–Crippen MR) is 95.3 cm³/mol. The lowest BCUT2D eigenvalue weighted by Gasteiger charge is -2.32. The van der Waals surface area contributed by atoms with Gasteiger partial charge in [0, 0.05) is 19.6 Å². The van der Waals surface area contributed by atoms with Crippen LogP contribution in [0.2, 0.25) is 0 Å². The molecule has 1 aromatic heterocycles. The summed E-state index contributed by atoms with van der Waals surface area (Å²) >= 11 is 0. The molecule has 6 heteroatoms. The zero-order valence-electron chi connectivity index (χ0n) is 15.0. The number of rotatable bonds is 6. The topological polar surface area (TPSA) is 67.0 Å². The fourth-order valence-corrected chi connectivity index (χ4v) is 3.45. The lowest BCUT2D eigenvalue weighted by Crippen LogP contribution is -2.39. The third-order valence-electron chi connectivity index (χ3n) is 4.67. The van der Waals surface area contributed by atoms with Crippen LogP contribution in [-0.2, 0) is 6.54 Å². The molecule has 6 nitrogen and oxygen atoms in total. The van der Waals surface area contributed by atoms with Gasteiger partial charge in [0.25, 0.3) is 0 Å². The van der Waals surface area contributed by atoms with E-state index in [0.717, 1.165) is 37.8 Å². The van der Waals surface area contributed by atoms with Crippen LogP contribution in [0.25, 0.3) is 0 Å². The fraction of sp³-hybridized carbons (Fsp3) is 0.526. The molecule has 2 aromatic rings. The van der Waals surface area contributed by atoms with Crippen molar-refractivity contribution in [2.24, 2.45) is 5.92 Å². The van der Waals surface area contributed by atoms with E-state index in [2.05, 4.69) is 21.1 Å². The standard InChI is InChI=1S/C19H25N5O/c1-15-21-16(2)24(22-15)14-17-6-5-9-23(13-17)10-11-25-19-8-4-3-7-18(19)12-20/h3-4,7-8,17H,5-6,9-11,13-14H2,1-2H3/t17-/m1/s1. The fourth-order valence-electron chi connectivity index (χ4n) is 3.45. The summed E-state index contributed by atoms with van der Waals surface area (Å²) in [6, 6.07) is 9.57. The molecule has 1 aromatic carbocycles. The van der Waals surface area contributed by atoms with E-state index < -0.39 is 0 Å². The van der Waals surface area contributed by atoms with Crippen molar-refractivity contribution in [3.63, 3.8) is 0 Å². The molecule has 0 radical (unpaired) electrons. The number of hydrogen-bond acceptors (Lipinski definition) is 5. The second-order valence-corrected chi connectivity index (χ2v) is 6.65. The van der Waals surface area contributed by atoms with Crippen LogP contribution in [0.15, 0.2) is 24.3 Å². The summed E-state index contributed by atoms with van der Waals surface area (Å²) in [6.45, 7) is 8.53. The molecule has 1 aliphatic heterocycles. The summed E-state index contributed by atoms with van der Waals surface area (Å²) in [6.07, 6.45) is 2.43. The minimum absolute atomic E-state index is 0.594. The molecule has 132 valence electrons. The van der Waals surface area contributed by atoms with Gasteiger partial charge >= 0.3 is 0 Å². The summed E-state index contributed by atoms with van der Waals surface area (Å²) in [5.74, 6) is 3.10. The number of nitriles is 1. The number of piperidine rings is 1. The van der Waals surface area contributed by atoms with Crippen LogP contribution in [0.1, 0.15) is 30.1 Å². The number of aromatic nitrogens is 3. The van der Waals surface area contributed by atoms with Crippen molar-refractivity contribution in [2.75, 3.05) is 26.2 Å². The maximum Gasteiger partial charge on any atom is 0.147 e. The van der Waals surface area contributed by atoms with Gasteiger partial charge in [0.15, 0.2) is 0 Å². The van der Waals surface area contributed by atoms with Gasteiger partial charge in [-0.1, -0.05) is 12.1 Å². The third kappa shape index (κ3) is 4.58. The lowest BCUT2D eigenvalue weighted by atomic mass is 9.98. The lowest BCUT2D eigenvalue weighted by molar-refractivity contribution is 0.136. The van der Waals surface area contributed by atoms with Crippen molar-refractivity contribution >= 4 is 0 Å². The molecule has 3 rings (SSSR count). The van der Waals surface area contributed by atoms with E-state index in [1.807, 2.05) is 36.7 Å². The monoisotopic (exact) mass is 339 g/mol. The second-order valence-electron chi connectivity index (χ2n) is 6.65. The first kappa shape index (κ1) is 17.4. The Kier molecular flexibility index (Phi) is 5.67. The van der Waals surface area contributed by atoms with Crippen LogP contribution in [0.5, 0.6) is 5.75 Å². The van der Waals surface area contributed by atoms with Gasteiger partial charge in [-0.3, -0.25) is 4.90 Å². The second kappa shape index (κ2) is 8.13. The number of para-hydroxylation sites is 1. The van der Waals surface area contributed by atoms with E-state index >= 15 is 0 Å². The molecular weight excluding hydrogens is 314 g/mol. The molecule has 0 aliphatic carbocycles. The highest BCUT2D eigenvalue weighted by atomic mass is 16.5. The third-order valence-corrected chi connectivity index (χ3v) is 4.67. The van der Waals surface area contributed by atoms with Crippen LogP contribution >= 0.6 is 0 Å². The van der Waals surface area contributed by atoms with E-state index in [9.17, 15) is 0 Å². The number of hydrogen-bond donors (Lipinski definition) is 0. The summed E-state index contributed by atoms with van der Waals surface area (Å²) in [5, 5.41) is 13.6. The molecule has 0 amide bonds. The summed E-state index contributed by atoms with van der Waals surface area (Å²) < 4.78 is 7.85. The van der Waals surface area contributed by atoms with Crippen molar-refractivity contribution in [2.45, 2.75) is 33.2 Å². The zero-order chi connectivity index (χ0) is 17.6. The van der Waals surface area contributed by atoms with E-state index in [1.165, 1.54) is 12.8 Å². The molecule has 1 fully saturated rings. The molecule has 1 atom stereocenters. The van der Waals surface area contributed by atoms with Gasteiger partial charge in [0.05, 0.1) is 5.56 Å². The smallest absolute Gasteiger partial charge is 0.147 e. The highest BCUT2D eigenvalue weighted by Gasteiger charge is 2.21. The highest BCUT2D eigenvalue weighted by Crippen LogP contribution is 2.20. The Balaban J connectivity index is 1.49. The number of aryl methyl sites for hydroxylation is 2. The normalized spacial score (nSPS) is 18.0. The van der Waals surface area contributed by atoms with E-state index in [1.54, 1.807) is 6.07 Å². The minimum Gasteiger partial charge on any atom is -0.491 e. The number of benzene rings is 1. The van der Waals surface area contributed by atoms with Gasteiger partial charge in [-0.15, -0.1) is 0 Å². The Hall–Kier alpha value is -2.39. The Labute approximate surface area is 149 Å². The first-order valence-electron chi connectivity index (χ1n) is 8.88. The number of likely N-dealkylation sites (tertiary alicyclic amines) is 1. The van der Waals surface area contributed by atoms with Gasteiger partial charge in [0.1, 0.15) is 30.1 Å². The molecule has 1 saturated heterocycles. The molecule has 0 bridgehead atoms. The van der Waals surface area contributed by atoms with Crippen molar-refractivity contribution in [3.8, 4) is 11.8 Å². The molecule has 1 aliphatic rings. The average Bonchev–Trinajstić information content (AvgIpc) is 2.93. The van der Waals surface area contributed by atoms with Gasteiger partial charge < -0.3 is 4.74 Å². The van der Waals surface area contributed by atoms with Crippen LogP contribution in [-0.4, -0.2) is 45.9 Å². The van der Waals surface area contributed by atoms with Gasteiger partial charge in [-0.05, 0) is 51.3 Å². The molecule has 25 heavy (non-hydrogen) atoms. The molecular formula is C19H25N5O. The Morgan fingerprint density at radius 3 is 2.92 bits per heavy atom. The summed E-state index contributed by atoms with van der Waals surface area (Å²) in [4.78, 5) is 6.83. The SMILES string of the molecule is Cc1nc(C)n(C[C@@H]2CCCN(CCOc3ccccc3C#N)C2)n1. The largest absolute Gasteiger partial charge is 0.491 e. The highest BCUT2D eigenvalue weighted by molar-refractivity contribution is 5.42. The van der Waals surface area contributed by atoms with Gasteiger partial charge in [-0.2, -0.15) is 10.4 Å². The van der Waals surface area contributed by atoms with Crippen molar-refractivity contribution in [3.05, 3.63) is 41.5 Å². The Bertz CT molecular complexity index is 749. The van der Waals surface area contributed by atoms with Crippen molar-refractivity contribution < 1.29 is 4.74 Å². The Morgan fingerprint density at radius 1 is 1.32 bits per heavy atom.